The topological polar surface area (TPSA) is 108 Å². The number of carbonyl (C=O) groups excluding carboxylic acids is 2. The second kappa shape index (κ2) is 9.65. The van der Waals surface area contributed by atoms with Gasteiger partial charge in [-0.1, -0.05) is 35.3 Å². The third-order valence-corrected chi connectivity index (χ3v) is 4.68. The smallest absolute Gasteiger partial charge is 0.332 e. The zero-order chi connectivity index (χ0) is 22.5. The van der Waals surface area contributed by atoms with Crippen molar-refractivity contribution in [2.24, 2.45) is 0 Å². The van der Waals surface area contributed by atoms with Gasteiger partial charge in [-0.25, -0.2) is 9.87 Å². The number of hydrogen-bond donors (Lipinski definition) is 4. The summed E-state index contributed by atoms with van der Waals surface area (Å²) in [5, 5.41) is 20.9. The standard InChI is InChI=1S/C21H15Cl2FN2O5/c22-16-9-14(25-20(28)21(29)26-30)10-17(23)19(16)31-15-4-5-18(27)12(8-15)6-11-2-1-3-13(24)7-11/h1-5,7-10,27,30H,6H2,(H,25,28)(H,26,29). The molecule has 0 fully saturated rings. The van der Waals surface area contributed by atoms with Crippen molar-refractivity contribution < 1.29 is 29.0 Å². The largest absolute Gasteiger partial charge is 0.508 e. The van der Waals surface area contributed by atoms with Gasteiger partial charge in [-0.05, 0) is 48.0 Å². The third-order valence-electron chi connectivity index (χ3n) is 4.12. The summed E-state index contributed by atoms with van der Waals surface area (Å²) >= 11 is 12.4. The summed E-state index contributed by atoms with van der Waals surface area (Å²) in [6.07, 6.45) is 0.264. The van der Waals surface area contributed by atoms with Crippen molar-refractivity contribution in [1.82, 2.24) is 5.48 Å². The van der Waals surface area contributed by atoms with E-state index in [2.05, 4.69) is 5.32 Å². The van der Waals surface area contributed by atoms with Gasteiger partial charge in [-0.15, -0.1) is 0 Å². The first-order valence-electron chi connectivity index (χ1n) is 8.75. The Morgan fingerprint density at radius 2 is 1.71 bits per heavy atom. The Morgan fingerprint density at radius 1 is 1.00 bits per heavy atom. The van der Waals surface area contributed by atoms with E-state index in [1.165, 1.54) is 41.9 Å². The van der Waals surface area contributed by atoms with Crippen molar-refractivity contribution in [2.45, 2.75) is 6.42 Å². The van der Waals surface area contributed by atoms with Gasteiger partial charge in [0.2, 0.25) is 0 Å². The number of anilines is 1. The molecule has 0 aromatic heterocycles. The van der Waals surface area contributed by atoms with Gasteiger partial charge in [-0.2, -0.15) is 0 Å². The van der Waals surface area contributed by atoms with Crippen LogP contribution in [0, 0.1) is 5.82 Å². The van der Waals surface area contributed by atoms with Gasteiger partial charge in [0, 0.05) is 17.7 Å². The number of rotatable bonds is 5. The van der Waals surface area contributed by atoms with E-state index < -0.39 is 11.8 Å². The molecule has 3 aromatic carbocycles. The van der Waals surface area contributed by atoms with Crippen LogP contribution in [-0.4, -0.2) is 22.1 Å². The van der Waals surface area contributed by atoms with E-state index >= 15 is 0 Å². The average Bonchev–Trinajstić information content (AvgIpc) is 2.72. The van der Waals surface area contributed by atoms with Gasteiger partial charge in [0.25, 0.3) is 0 Å². The average molecular weight is 465 g/mol. The maximum Gasteiger partial charge on any atom is 0.332 e. The van der Waals surface area contributed by atoms with Crippen molar-refractivity contribution >= 4 is 40.7 Å². The molecule has 0 aliphatic rings. The lowest BCUT2D eigenvalue weighted by Gasteiger charge is -2.13. The maximum absolute atomic E-state index is 13.4. The van der Waals surface area contributed by atoms with Gasteiger partial charge >= 0.3 is 11.8 Å². The van der Waals surface area contributed by atoms with E-state index in [9.17, 15) is 19.1 Å². The van der Waals surface area contributed by atoms with E-state index in [1.54, 1.807) is 18.2 Å². The molecule has 0 unspecified atom stereocenters. The normalized spacial score (nSPS) is 10.5. The molecular formula is C21H15Cl2FN2O5. The van der Waals surface area contributed by atoms with E-state index in [0.29, 0.717) is 16.9 Å². The number of carbonyl (C=O) groups is 2. The van der Waals surface area contributed by atoms with Crippen LogP contribution in [-0.2, 0) is 16.0 Å². The molecule has 4 N–H and O–H groups in total. The van der Waals surface area contributed by atoms with Crippen LogP contribution in [0.2, 0.25) is 10.0 Å². The van der Waals surface area contributed by atoms with E-state index in [-0.39, 0.29) is 39.5 Å². The molecular weight excluding hydrogens is 450 g/mol. The molecule has 0 saturated carbocycles. The van der Waals surface area contributed by atoms with Crippen molar-refractivity contribution in [3.63, 3.8) is 0 Å². The minimum absolute atomic E-state index is 0.00836. The first-order chi connectivity index (χ1) is 14.8. The van der Waals surface area contributed by atoms with Crippen molar-refractivity contribution in [1.29, 1.82) is 0 Å². The predicted octanol–water partition coefficient (Wildman–Crippen LogP) is 4.67. The number of ether oxygens (including phenoxy) is 1. The van der Waals surface area contributed by atoms with Crippen LogP contribution < -0.4 is 15.5 Å². The lowest BCUT2D eigenvalue weighted by Crippen LogP contribution is -2.33. The highest BCUT2D eigenvalue weighted by atomic mass is 35.5. The molecule has 0 atom stereocenters. The fraction of sp³-hybridized carbons (Fsp3) is 0.0476. The molecule has 0 bridgehead atoms. The number of aromatic hydroxyl groups is 1. The van der Waals surface area contributed by atoms with E-state index in [4.69, 9.17) is 33.1 Å². The van der Waals surface area contributed by atoms with Crippen LogP contribution in [0.25, 0.3) is 0 Å². The Balaban J connectivity index is 1.82. The fourth-order valence-corrected chi connectivity index (χ4v) is 3.28. The van der Waals surface area contributed by atoms with Crippen LogP contribution in [0.3, 0.4) is 0 Å². The van der Waals surface area contributed by atoms with Crippen LogP contribution in [0.5, 0.6) is 17.2 Å². The molecule has 2 amide bonds. The Bertz CT molecular complexity index is 1130. The van der Waals surface area contributed by atoms with Gasteiger partial charge in [0.15, 0.2) is 5.75 Å². The zero-order valence-corrected chi connectivity index (χ0v) is 17.2. The summed E-state index contributed by atoms with van der Waals surface area (Å²) < 4.78 is 19.2. The fourth-order valence-electron chi connectivity index (χ4n) is 2.72. The number of amides is 2. The molecule has 3 aromatic rings. The van der Waals surface area contributed by atoms with Crippen LogP contribution >= 0.6 is 23.2 Å². The molecule has 0 aliphatic heterocycles. The predicted molar refractivity (Wildman–Crippen MR) is 112 cm³/mol. The monoisotopic (exact) mass is 464 g/mol. The minimum atomic E-state index is -1.26. The van der Waals surface area contributed by atoms with Gasteiger partial charge < -0.3 is 15.2 Å². The van der Waals surface area contributed by atoms with Gasteiger partial charge in [-0.3, -0.25) is 14.8 Å². The highest BCUT2D eigenvalue weighted by Gasteiger charge is 2.17. The number of phenolic OH excluding ortho intramolecular Hbond substituents is 1. The molecule has 0 radical (unpaired) electrons. The summed E-state index contributed by atoms with van der Waals surface area (Å²) in [4.78, 5) is 22.6. The molecule has 0 saturated heterocycles. The summed E-state index contributed by atoms with van der Waals surface area (Å²) in [5.74, 6) is -2.37. The number of benzene rings is 3. The summed E-state index contributed by atoms with van der Waals surface area (Å²) in [5.41, 5.74) is 2.47. The van der Waals surface area contributed by atoms with Crippen LogP contribution in [0.15, 0.2) is 54.6 Å². The van der Waals surface area contributed by atoms with E-state index in [0.717, 1.165) is 0 Å². The van der Waals surface area contributed by atoms with Crippen LogP contribution in [0.1, 0.15) is 11.1 Å². The summed E-state index contributed by atoms with van der Waals surface area (Å²) in [7, 11) is 0. The van der Waals surface area contributed by atoms with E-state index in [1.807, 2.05) is 0 Å². The minimum Gasteiger partial charge on any atom is -0.508 e. The molecule has 7 nitrogen and oxygen atoms in total. The highest BCUT2D eigenvalue weighted by molar-refractivity contribution is 6.40. The number of nitrogens with one attached hydrogen (secondary N) is 2. The molecule has 10 heteroatoms. The highest BCUT2D eigenvalue weighted by Crippen LogP contribution is 2.39. The molecule has 0 spiro atoms. The Labute approximate surface area is 185 Å². The molecule has 0 heterocycles. The zero-order valence-electron chi connectivity index (χ0n) is 15.7. The number of hydrogen-bond acceptors (Lipinski definition) is 5. The summed E-state index contributed by atoms with van der Waals surface area (Å²) in [6, 6.07) is 13.1. The second-order valence-electron chi connectivity index (χ2n) is 6.36. The quantitative estimate of drug-likeness (QED) is 0.249. The van der Waals surface area contributed by atoms with Gasteiger partial charge in [0.1, 0.15) is 17.3 Å². The molecule has 3 rings (SSSR count). The molecule has 160 valence electrons. The number of phenols is 1. The second-order valence-corrected chi connectivity index (χ2v) is 7.18. The summed E-state index contributed by atoms with van der Waals surface area (Å²) in [6.45, 7) is 0. The maximum atomic E-state index is 13.4. The Morgan fingerprint density at radius 3 is 2.35 bits per heavy atom. The third kappa shape index (κ3) is 5.64. The SMILES string of the molecule is O=C(NO)C(=O)Nc1cc(Cl)c(Oc2ccc(O)c(Cc3cccc(F)c3)c2)c(Cl)c1. The molecule has 31 heavy (non-hydrogen) atoms. The first-order valence-corrected chi connectivity index (χ1v) is 9.51. The molecule has 0 aliphatic carbocycles. The Hall–Kier alpha value is -3.33. The Kier molecular flexibility index (Phi) is 6.96. The lowest BCUT2D eigenvalue weighted by atomic mass is 10.0. The lowest BCUT2D eigenvalue weighted by molar-refractivity contribution is -0.141. The number of halogens is 3. The number of hydroxylamine groups is 1. The first kappa shape index (κ1) is 22.4. The van der Waals surface area contributed by atoms with Crippen molar-refractivity contribution in [3.05, 3.63) is 81.6 Å². The van der Waals surface area contributed by atoms with Crippen molar-refractivity contribution in [3.8, 4) is 17.2 Å². The van der Waals surface area contributed by atoms with Crippen LogP contribution in [0.4, 0.5) is 10.1 Å². The van der Waals surface area contributed by atoms with Gasteiger partial charge in [0.05, 0.1) is 10.0 Å². The van der Waals surface area contributed by atoms with Crippen molar-refractivity contribution in [2.75, 3.05) is 5.32 Å².